The number of nitrogens with zero attached hydrogens (tertiary/aromatic N) is 1. The van der Waals surface area contributed by atoms with E-state index in [4.69, 9.17) is 5.11 Å². The van der Waals surface area contributed by atoms with Crippen molar-refractivity contribution in [2.45, 2.75) is 25.8 Å². The van der Waals surface area contributed by atoms with Gasteiger partial charge >= 0.3 is 12.0 Å². The first-order valence-electron chi connectivity index (χ1n) is 9.29. The van der Waals surface area contributed by atoms with Crippen molar-refractivity contribution in [3.8, 4) is 0 Å². The molecule has 1 fully saturated rings. The summed E-state index contributed by atoms with van der Waals surface area (Å²) < 4.78 is 0. The number of piperidine rings is 1. The lowest BCUT2D eigenvalue weighted by molar-refractivity contribution is 0.0694. The van der Waals surface area contributed by atoms with Crippen molar-refractivity contribution in [3.05, 3.63) is 65.2 Å². The van der Waals surface area contributed by atoms with Gasteiger partial charge in [-0.15, -0.1) is 0 Å². The smallest absolute Gasteiger partial charge is 0.335 e. The number of carboxylic acids is 1. The first-order chi connectivity index (χ1) is 13.5. The fraction of sp³-hybridized carbons (Fsp3) is 0.286. The van der Waals surface area contributed by atoms with E-state index in [1.807, 2.05) is 4.90 Å². The highest BCUT2D eigenvalue weighted by atomic mass is 16.4. The summed E-state index contributed by atoms with van der Waals surface area (Å²) in [5.41, 5.74) is 2.09. The van der Waals surface area contributed by atoms with Crippen LogP contribution in [0.15, 0.2) is 48.5 Å². The fourth-order valence-corrected chi connectivity index (χ4v) is 3.13. The van der Waals surface area contributed by atoms with Crippen LogP contribution in [-0.4, -0.2) is 41.0 Å². The average molecular weight is 381 g/mol. The third-order valence-electron chi connectivity index (χ3n) is 4.66. The van der Waals surface area contributed by atoms with Crippen molar-refractivity contribution in [2.75, 3.05) is 18.4 Å². The minimum atomic E-state index is -0.990. The van der Waals surface area contributed by atoms with Crippen LogP contribution in [0.2, 0.25) is 0 Å². The van der Waals surface area contributed by atoms with Gasteiger partial charge in [0, 0.05) is 30.9 Å². The number of aromatic carboxylic acids is 1. The van der Waals surface area contributed by atoms with Crippen molar-refractivity contribution < 1.29 is 19.5 Å². The molecule has 1 heterocycles. The highest BCUT2D eigenvalue weighted by Crippen LogP contribution is 2.16. The van der Waals surface area contributed by atoms with Gasteiger partial charge in [-0.2, -0.15) is 0 Å². The van der Waals surface area contributed by atoms with E-state index in [-0.39, 0.29) is 18.0 Å². The molecule has 0 aromatic heterocycles. The molecule has 28 heavy (non-hydrogen) atoms. The van der Waals surface area contributed by atoms with Crippen molar-refractivity contribution in [1.82, 2.24) is 10.2 Å². The van der Waals surface area contributed by atoms with Crippen LogP contribution in [0.5, 0.6) is 0 Å². The summed E-state index contributed by atoms with van der Waals surface area (Å²) in [6, 6.07) is 12.8. The fourth-order valence-electron chi connectivity index (χ4n) is 3.13. The van der Waals surface area contributed by atoms with Gasteiger partial charge in [0.1, 0.15) is 0 Å². The molecule has 0 atom stereocenters. The summed E-state index contributed by atoms with van der Waals surface area (Å²) in [4.78, 5) is 37.4. The summed E-state index contributed by atoms with van der Waals surface area (Å²) >= 11 is 0. The molecule has 1 aliphatic heterocycles. The number of likely N-dealkylation sites (tertiary alicyclic amines) is 1. The Labute approximate surface area is 163 Å². The SMILES string of the molecule is O=C(NCc1ccc(C(=O)O)cc1)Nc1cccc(C(=O)N2CCCCC2)c1. The third kappa shape index (κ3) is 5.09. The zero-order valence-electron chi connectivity index (χ0n) is 15.5. The van der Waals surface area contributed by atoms with Crippen LogP contribution in [0.3, 0.4) is 0 Å². The molecule has 3 amide bonds. The van der Waals surface area contributed by atoms with Crippen LogP contribution >= 0.6 is 0 Å². The number of hydrogen-bond donors (Lipinski definition) is 3. The average Bonchev–Trinajstić information content (AvgIpc) is 2.73. The number of amides is 3. The van der Waals surface area contributed by atoms with E-state index in [9.17, 15) is 14.4 Å². The molecule has 7 nitrogen and oxygen atoms in total. The van der Waals surface area contributed by atoms with Crippen molar-refractivity contribution >= 4 is 23.6 Å². The Bertz CT molecular complexity index is 858. The first kappa shape index (κ1) is 19.4. The summed E-state index contributed by atoms with van der Waals surface area (Å²) in [6.45, 7) is 1.81. The lowest BCUT2D eigenvalue weighted by Gasteiger charge is -2.26. The van der Waals surface area contributed by atoms with Crippen LogP contribution < -0.4 is 10.6 Å². The standard InChI is InChI=1S/C21H23N3O4/c25-19(24-11-2-1-3-12-24)17-5-4-6-18(13-17)23-21(28)22-14-15-7-9-16(10-8-15)20(26)27/h4-10,13H,1-3,11-12,14H2,(H,26,27)(H2,22,23,28). The molecule has 1 saturated heterocycles. The van der Waals surface area contributed by atoms with Crippen molar-refractivity contribution in [2.24, 2.45) is 0 Å². The van der Waals surface area contributed by atoms with Crippen LogP contribution in [-0.2, 0) is 6.54 Å². The van der Waals surface area contributed by atoms with Gasteiger partial charge in [-0.1, -0.05) is 18.2 Å². The maximum absolute atomic E-state index is 12.6. The monoisotopic (exact) mass is 381 g/mol. The third-order valence-corrected chi connectivity index (χ3v) is 4.66. The number of benzene rings is 2. The molecule has 146 valence electrons. The van der Waals surface area contributed by atoms with E-state index >= 15 is 0 Å². The lowest BCUT2D eigenvalue weighted by atomic mass is 10.1. The number of carboxylic acid groups (broad SMARTS) is 1. The zero-order valence-corrected chi connectivity index (χ0v) is 15.5. The van der Waals surface area contributed by atoms with E-state index in [1.165, 1.54) is 12.1 Å². The Balaban J connectivity index is 1.55. The number of hydrogen-bond acceptors (Lipinski definition) is 3. The van der Waals surface area contributed by atoms with Crippen LogP contribution in [0.4, 0.5) is 10.5 Å². The second-order valence-corrected chi connectivity index (χ2v) is 6.74. The van der Waals surface area contributed by atoms with E-state index in [0.29, 0.717) is 11.3 Å². The lowest BCUT2D eigenvalue weighted by Crippen LogP contribution is -2.35. The van der Waals surface area contributed by atoms with E-state index < -0.39 is 12.0 Å². The molecule has 0 bridgehead atoms. The normalized spacial score (nSPS) is 13.6. The molecular formula is C21H23N3O4. The van der Waals surface area contributed by atoms with E-state index in [2.05, 4.69) is 10.6 Å². The second kappa shape index (κ2) is 9.03. The number of carbonyl (C=O) groups is 3. The maximum atomic E-state index is 12.6. The van der Waals surface area contributed by atoms with Gasteiger partial charge in [0.2, 0.25) is 0 Å². The van der Waals surface area contributed by atoms with Gasteiger partial charge in [-0.3, -0.25) is 4.79 Å². The Morgan fingerprint density at radius 2 is 1.64 bits per heavy atom. The predicted molar refractivity (Wildman–Crippen MR) is 105 cm³/mol. The minimum Gasteiger partial charge on any atom is -0.478 e. The minimum absolute atomic E-state index is 0.0118. The number of carbonyl (C=O) groups excluding carboxylic acids is 2. The van der Waals surface area contributed by atoms with Gasteiger partial charge < -0.3 is 20.6 Å². The molecule has 2 aromatic carbocycles. The molecule has 3 N–H and O–H groups in total. The Morgan fingerprint density at radius 3 is 2.32 bits per heavy atom. The predicted octanol–water partition coefficient (Wildman–Crippen LogP) is 3.33. The summed E-state index contributed by atoms with van der Waals surface area (Å²) in [5, 5.41) is 14.3. The maximum Gasteiger partial charge on any atom is 0.335 e. The van der Waals surface area contributed by atoms with Crippen LogP contribution in [0, 0.1) is 0 Å². The Hall–Kier alpha value is -3.35. The summed E-state index contributed by atoms with van der Waals surface area (Å²) in [5.74, 6) is -1.00. The quantitative estimate of drug-likeness (QED) is 0.740. The molecule has 0 saturated carbocycles. The van der Waals surface area contributed by atoms with E-state index in [0.717, 1.165) is 37.9 Å². The highest BCUT2D eigenvalue weighted by molar-refractivity contribution is 5.97. The van der Waals surface area contributed by atoms with Gasteiger partial charge in [0.25, 0.3) is 5.91 Å². The van der Waals surface area contributed by atoms with Crippen LogP contribution in [0.1, 0.15) is 45.5 Å². The summed E-state index contributed by atoms with van der Waals surface area (Å²) in [6.07, 6.45) is 3.21. The van der Waals surface area contributed by atoms with Crippen LogP contribution in [0.25, 0.3) is 0 Å². The number of rotatable bonds is 5. The Kier molecular flexibility index (Phi) is 6.26. The zero-order chi connectivity index (χ0) is 19.9. The molecule has 0 unspecified atom stereocenters. The van der Waals surface area contributed by atoms with Crippen molar-refractivity contribution in [3.63, 3.8) is 0 Å². The molecule has 0 aliphatic carbocycles. The largest absolute Gasteiger partial charge is 0.478 e. The molecular weight excluding hydrogens is 358 g/mol. The topological polar surface area (TPSA) is 98.7 Å². The second-order valence-electron chi connectivity index (χ2n) is 6.74. The molecule has 3 rings (SSSR count). The van der Waals surface area contributed by atoms with Gasteiger partial charge in [0.15, 0.2) is 0 Å². The van der Waals surface area contributed by atoms with Crippen molar-refractivity contribution in [1.29, 1.82) is 0 Å². The number of anilines is 1. The molecule has 7 heteroatoms. The van der Waals surface area contributed by atoms with Gasteiger partial charge in [-0.05, 0) is 55.2 Å². The molecule has 0 spiro atoms. The molecule has 0 radical (unpaired) electrons. The van der Waals surface area contributed by atoms with Gasteiger partial charge in [0.05, 0.1) is 5.56 Å². The number of nitrogens with one attached hydrogen (secondary N) is 2. The van der Waals surface area contributed by atoms with Gasteiger partial charge in [-0.25, -0.2) is 9.59 Å². The highest BCUT2D eigenvalue weighted by Gasteiger charge is 2.18. The Morgan fingerprint density at radius 1 is 0.929 bits per heavy atom. The first-order valence-corrected chi connectivity index (χ1v) is 9.29. The number of urea groups is 1. The summed E-state index contributed by atoms with van der Waals surface area (Å²) in [7, 11) is 0. The van der Waals surface area contributed by atoms with E-state index in [1.54, 1.807) is 36.4 Å². The molecule has 2 aromatic rings. The molecule has 1 aliphatic rings.